The van der Waals surface area contributed by atoms with Crippen molar-refractivity contribution >= 4 is 23.2 Å². The van der Waals surface area contributed by atoms with Crippen LogP contribution in [0.1, 0.15) is 84.3 Å². The van der Waals surface area contributed by atoms with Crippen molar-refractivity contribution in [3.8, 4) is 28.4 Å². The zero-order chi connectivity index (χ0) is 26.8. The van der Waals surface area contributed by atoms with Gasteiger partial charge in [-0.25, -0.2) is 4.68 Å². The molecule has 200 valence electrons. The lowest BCUT2D eigenvalue weighted by atomic mass is 9.78. The van der Waals surface area contributed by atoms with E-state index in [0.717, 1.165) is 40.4 Å². The first-order chi connectivity index (χ1) is 17.6. The summed E-state index contributed by atoms with van der Waals surface area (Å²) in [6.07, 6.45) is 8.35. The van der Waals surface area contributed by atoms with Crippen molar-refractivity contribution in [2.75, 3.05) is 13.2 Å². The average Bonchev–Trinajstić information content (AvgIpc) is 3.27. The number of hydrogen-bond donors (Lipinski definition) is 1. The summed E-state index contributed by atoms with van der Waals surface area (Å²) in [5.41, 5.74) is 3.94. The summed E-state index contributed by atoms with van der Waals surface area (Å²) in [5, 5.41) is 15.2. The average molecular weight is 546 g/mol. The van der Waals surface area contributed by atoms with Crippen LogP contribution in [0.15, 0.2) is 36.5 Å². The third-order valence-electron chi connectivity index (χ3n) is 7.22. The van der Waals surface area contributed by atoms with E-state index in [0.29, 0.717) is 23.1 Å². The number of benzene rings is 2. The molecule has 1 aliphatic rings. The van der Waals surface area contributed by atoms with Crippen LogP contribution in [0.4, 0.5) is 0 Å². The van der Waals surface area contributed by atoms with Gasteiger partial charge in [-0.05, 0) is 61.6 Å². The number of aromatic nitrogens is 2. The van der Waals surface area contributed by atoms with Crippen LogP contribution in [0.5, 0.6) is 11.5 Å². The largest absolute Gasteiger partial charge is 0.493 e. The van der Waals surface area contributed by atoms with Crippen LogP contribution in [0.25, 0.3) is 16.9 Å². The summed E-state index contributed by atoms with van der Waals surface area (Å²) in [6.45, 7) is 11.4. The van der Waals surface area contributed by atoms with Crippen LogP contribution in [-0.4, -0.2) is 28.1 Å². The molecule has 0 bridgehead atoms. The Labute approximate surface area is 230 Å². The maximum Gasteiger partial charge on any atom is 0.134 e. The van der Waals surface area contributed by atoms with Crippen LogP contribution in [0, 0.1) is 0 Å². The number of aliphatic hydroxyl groups excluding tert-OH is 1. The lowest BCUT2D eigenvalue weighted by Crippen LogP contribution is -2.30. The smallest absolute Gasteiger partial charge is 0.134 e. The Bertz CT molecular complexity index is 1250. The molecule has 4 rings (SSSR count). The second kappa shape index (κ2) is 11.3. The molecule has 1 aromatic heterocycles. The van der Waals surface area contributed by atoms with Crippen molar-refractivity contribution in [3.05, 3.63) is 57.7 Å². The molecule has 5 nitrogen and oxygen atoms in total. The molecule has 1 N–H and O–H groups in total. The van der Waals surface area contributed by atoms with Gasteiger partial charge in [0.05, 0.1) is 34.8 Å². The predicted molar refractivity (Wildman–Crippen MR) is 152 cm³/mol. The summed E-state index contributed by atoms with van der Waals surface area (Å²) in [7, 11) is 0. The number of hydrogen-bond acceptors (Lipinski definition) is 4. The van der Waals surface area contributed by atoms with Gasteiger partial charge in [0.1, 0.15) is 17.1 Å². The molecular formula is C30H38Cl2N2O3. The van der Waals surface area contributed by atoms with Crippen LogP contribution in [0.3, 0.4) is 0 Å². The first-order valence-corrected chi connectivity index (χ1v) is 14.0. The molecule has 0 unspecified atom stereocenters. The van der Waals surface area contributed by atoms with Gasteiger partial charge in [0.15, 0.2) is 0 Å². The molecule has 0 atom stereocenters. The summed E-state index contributed by atoms with van der Waals surface area (Å²) in [4.78, 5) is 0. The van der Waals surface area contributed by atoms with Gasteiger partial charge < -0.3 is 14.6 Å². The molecule has 0 saturated carbocycles. The molecular weight excluding hydrogens is 507 g/mol. The minimum absolute atomic E-state index is 0.0502. The third kappa shape index (κ3) is 5.79. The first-order valence-electron chi connectivity index (χ1n) is 13.2. The number of aliphatic hydroxyl groups is 1. The number of halogens is 2. The summed E-state index contributed by atoms with van der Waals surface area (Å²) in [6, 6.07) is 9.72. The van der Waals surface area contributed by atoms with Gasteiger partial charge in [-0.3, -0.25) is 0 Å². The van der Waals surface area contributed by atoms with Crippen LogP contribution in [0.2, 0.25) is 10.0 Å². The van der Waals surface area contributed by atoms with E-state index >= 15 is 0 Å². The Morgan fingerprint density at radius 1 is 1.08 bits per heavy atom. The van der Waals surface area contributed by atoms with E-state index in [-0.39, 0.29) is 12.0 Å². The second-order valence-corrected chi connectivity index (χ2v) is 11.8. The van der Waals surface area contributed by atoms with Crippen molar-refractivity contribution in [1.29, 1.82) is 0 Å². The number of unbranched alkanes of at least 4 members (excludes halogenated alkanes) is 3. The Morgan fingerprint density at radius 3 is 2.57 bits per heavy atom. The van der Waals surface area contributed by atoms with Gasteiger partial charge in [0, 0.05) is 23.6 Å². The molecule has 7 heteroatoms. The first kappa shape index (κ1) is 27.8. The zero-order valence-corrected chi connectivity index (χ0v) is 24.0. The topological polar surface area (TPSA) is 56.5 Å². The highest BCUT2D eigenvalue weighted by molar-refractivity contribution is 6.35. The number of fused-ring (bicyclic) bond motifs is 3. The molecule has 1 aliphatic heterocycles. The molecule has 37 heavy (non-hydrogen) atoms. The Morgan fingerprint density at radius 2 is 1.86 bits per heavy atom. The van der Waals surface area contributed by atoms with Crippen LogP contribution in [-0.2, 0) is 11.0 Å². The van der Waals surface area contributed by atoms with Crippen LogP contribution < -0.4 is 9.47 Å². The Hall–Kier alpha value is -2.21. The van der Waals surface area contributed by atoms with E-state index in [4.69, 9.17) is 37.8 Å². The summed E-state index contributed by atoms with van der Waals surface area (Å²) in [5.74, 6) is 1.49. The van der Waals surface area contributed by atoms with Gasteiger partial charge in [-0.15, -0.1) is 0 Å². The fraction of sp³-hybridized carbons (Fsp3) is 0.500. The van der Waals surface area contributed by atoms with Gasteiger partial charge in [-0.1, -0.05) is 69.7 Å². The van der Waals surface area contributed by atoms with Crippen molar-refractivity contribution in [3.63, 3.8) is 0 Å². The van der Waals surface area contributed by atoms with E-state index in [9.17, 15) is 5.11 Å². The van der Waals surface area contributed by atoms with E-state index in [2.05, 4.69) is 46.8 Å². The molecule has 0 aliphatic carbocycles. The fourth-order valence-corrected chi connectivity index (χ4v) is 5.48. The van der Waals surface area contributed by atoms with E-state index < -0.39 is 5.60 Å². The van der Waals surface area contributed by atoms with E-state index in [1.54, 1.807) is 6.07 Å². The molecule has 3 aromatic rings. The van der Waals surface area contributed by atoms with Crippen LogP contribution >= 0.6 is 23.2 Å². The van der Waals surface area contributed by atoms with Gasteiger partial charge in [-0.2, -0.15) is 5.10 Å². The molecule has 0 spiro atoms. The number of ether oxygens (including phenoxy) is 2. The maximum absolute atomic E-state index is 9.40. The van der Waals surface area contributed by atoms with Crippen molar-refractivity contribution in [2.45, 2.75) is 84.2 Å². The quantitative estimate of drug-likeness (QED) is 0.246. The Balaban J connectivity index is 1.87. The number of rotatable bonds is 11. The van der Waals surface area contributed by atoms with E-state index in [1.807, 2.05) is 23.0 Å². The highest BCUT2D eigenvalue weighted by atomic mass is 35.5. The van der Waals surface area contributed by atoms with E-state index in [1.165, 1.54) is 31.2 Å². The normalized spacial score (nSPS) is 14.2. The summed E-state index contributed by atoms with van der Waals surface area (Å²) < 4.78 is 14.8. The third-order valence-corrected chi connectivity index (χ3v) is 7.76. The monoisotopic (exact) mass is 544 g/mol. The molecule has 0 radical (unpaired) electrons. The number of nitrogens with zero attached hydrogens (tertiary/aromatic N) is 2. The Kier molecular flexibility index (Phi) is 8.47. The SMILES string of the molecule is CCCCCCC(C)(C)c1cc(OCCCO)c2c(c1)OC(C)(C)c1cnn(-c3ccc(Cl)cc3Cl)c1-2. The van der Waals surface area contributed by atoms with Crippen molar-refractivity contribution in [2.24, 2.45) is 0 Å². The minimum Gasteiger partial charge on any atom is -0.493 e. The molecule has 0 amide bonds. The van der Waals surface area contributed by atoms with Gasteiger partial charge >= 0.3 is 0 Å². The molecule has 2 aromatic carbocycles. The zero-order valence-electron chi connectivity index (χ0n) is 22.5. The standard InChI is InChI=1S/C30H38Cl2N2O3/c1-6-7-8-9-13-29(2,3)20-16-25(36-15-10-14-35)27-26(17-20)37-30(4,5)22-19-33-34(28(22)27)24-12-11-21(31)18-23(24)32/h11-12,16-19,35H,6-10,13-15H2,1-5H3. The van der Waals surface area contributed by atoms with Crippen molar-refractivity contribution in [1.82, 2.24) is 9.78 Å². The van der Waals surface area contributed by atoms with Gasteiger partial charge in [0.25, 0.3) is 0 Å². The van der Waals surface area contributed by atoms with Gasteiger partial charge in [0.2, 0.25) is 0 Å². The maximum atomic E-state index is 9.40. The lowest BCUT2D eigenvalue weighted by Gasteiger charge is -2.35. The molecule has 0 fully saturated rings. The fourth-order valence-electron chi connectivity index (χ4n) is 4.99. The molecule has 2 heterocycles. The highest BCUT2D eigenvalue weighted by Crippen LogP contribution is 2.52. The molecule has 0 saturated heterocycles. The lowest BCUT2D eigenvalue weighted by molar-refractivity contribution is 0.104. The second-order valence-electron chi connectivity index (χ2n) is 11.0. The minimum atomic E-state index is -0.605. The summed E-state index contributed by atoms with van der Waals surface area (Å²) >= 11 is 12.8. The highest BCUT2D eigenvalue weighted by Gasteiger charge is 2.39. The predicted octanol–water partition coefficient (Wildman–Crippen LogP) is 8.48. The van der Waals surface area contributed by atoms with Crippen molar-refractivity contribution < 1.29 is 14.6 Å².